The lowest BCUT2D eigenvalue weighted by Gasteiger charge is -2.26. The highest BCUT2D eigenvalue weighted by atomic mass is 16.5. The van der Waals surface area contributed by atoms with Crippen LogP contribution in [0.4, 0.5) is 11.5 Å². The lowest BCUT2D eigenvalue weighted by molar-refractivity contribution is 0.0398. The molecule has 1 aromatic heterocycles. The van der Waals surface area contributed by atoms with Gasteiger partial charge in [-0.2, -0.15) is 0 Å². The average Bonchev–Trinajstić information content (AvgIpc) is 2.69. The summed E-state index contributed by atoms with van der Waals surface area (Å²) in [7, 11) is 0. The zero-order chi connectivity index (χ0) is 20.0. The fraction of sp³-hybridized carbons (Fsp3) is 0.455. The van der Waals surface area contributed by atoms with Gasteiger partial charge in [0.05, 0.1) is 18.8 Å². The van der Waals surface area contributed by atoms with Crippen LogP contribution in [0.2, 0.25) is 0 Å². The first-order chi connectivity index (χ1) is 13.4. The van der Waals surface area contributed by atoms with Gasteiger partial charge < -0.3 is 15.4 Å². The van der Waals surface area contributed by atoms with Crippen molar-refractivity contribution in [2.75, 3.05) is 50.0 Å². The van der Waals surface area contributed by atoms with Crippen LogP contribution in [-0.4, -0.2) is 55.2 Å². The number of hydrogen-bond acceptors (Lipinski definition) is 5. The van der Waals surface area contributed by atoms with E-state index in [4.69, 9.17) is 4.74 Å². The summed E-state index contributed by atoms with van der Waals surface area (Å²) in [6.07, 6.45) is 1.61. The van der Waals surface area contributed by atoms with Crippen LogP contribution >= 0.6 is 0 Å². The topological polar surface area (TPSA) is 66.5 Å². The van der Waals surface area contributed by atoms with E-state index < -0.39 is 0 Å². The number of pyridine rings is 1. The number of carbonyl (C=O) groups is 1. The van der Waals surface area contributed by atoms with Gasteiger partial charge in [0, 0.05) is 38.1 Å². The zero-order valence-electron chi connectivity index (χ0n) is 17.0. The number of aromatic nitrogens is 1. The van der Waals surface area contributed by atoms with Gasteiger partial charge in [-0.15, -0.1) is 0 Å². The highest BCUT2D eigenvalue weighted by Crippen LogP contribution is 2.23. The van der Waals surface area contributed by atoms with Gasteiger partial charge in [0.15, 0.2) is 0 Å². The first-order valence-corrected chi connectivity index (χ1v) is 9.84. The van der Waals surface area contributed by atoms with Crippen LogP contribution in [0, 0.1) is 0 Å². The number of rotatable bonds is 6. The highest BCUT2D eigenvalue weighted by Gasteiger charge is 2.14. The van der Waals surface area contributed by atoms with Gasteiger partial charge in [-0.3, -0.25) is 9.69 Å². The maximum absolute atomic E-state index is 12.4. The number of carbonyl (C=O) groups excluding carboxylic acids is 1. The third-order valence-corrected chi connectivity index (χ3v) is 4.87. The number of nitrogens with one attached hydrogen (secondary N) is 2. The molecule has 1 fully saturated rings. The van der Waals surface area contributed by atoms with Gasteiger partial charge in [0.25, 0.3) is 5.91 Å². The summed E-state index contributed by atoms with van der Waals surface area (Å²) >= 11 is 0. The SMILES string of the molecule is CC(C)(C)c1ccc(NC(=O)c2ccc(NCCN3CCOCC3)nc2)cc1. The van der Waals surface area contributed by atoms with Crippen LogP contribution in [0.5, 0.6) is 0 Å². The Morgan fingerprint density at radius 2 is 1.82 bits per heavy atom. The monoisotopic (exact) mass is 382 g/mol. The minimum atomic E-state index is -0.157. The van der Waals surface area contributed by atoms with Crippen LogP contribution in [0.25, 0.3) is 0 Å². The minimum absolute atomic E-state index is 0.0943. The predicted octanol–water partition coefficient (Wildman–Crippen LogP) is 3.38. The summed E-state index contributed by atoms with van der Waals surface area (Å²) in [5.41, 5.74) is 2.65. The number of anilines is 2. The molecule has 3 rings (SSSR count). The maximum Gasteiger partial charge on any atom is 0.257 e. The largest absolute Gasteiger partial charge is 0.379 e. The Labute approximate surface area is 167 Å². The molecule has 1 aliphatic heterocycles. The van der Waals surface area contributed by atoms with Crippen molar-refractivity contribution in [1.29, 1.82) is 0 Å². The van der Waals surface area contributed by atoms with Gasteiger partial charge in [-0.25, -0.2) is 4.98 Å². The van der Waals surface area contributed by atoms with E-state index in [-0.39, 0.29) is 11.3 Å². The summed E-state index contributed by atoms with van der Waals surface area (Å²) in [5.74, 6) is 0.621. The summed E-state index contributed by atoms with van der Waals surface area (Å²) < 4.78 is 5.35. The van der Waals surface area contributed by atoms with Crippen molar-refractivity contribution in [2.45, 2.75) is 26.2 Å². The summed E-state index contributed by atoms with van der Waals surface area (Å²) in [6.45, 7) is 11.8. The van der Waals surface area contributed by atoms with E-state index in [2.05, 4.69) is 53.4 Å². The number of morpholine rings is 1. The second-order valence-corrected chi connectivity index (χ2v) is 8.09. The van der Waals surface area contributed by atoms with Gasteiger partial charge in [0.1, 0.15) is 5.82 Å². The molecule has 2 heterocycles. The summed E-state index contributed by atoms with van der Waals surface area (Å²) in [5, 5.41) is 6.23. The smallest absolute Gasteiger partial charge is 0.257 e. The number of benzene rings is 1. The zero-order valence-corrected chi connectivity index (χ0v) is 17.0. The van der Waals surface area contributed by atoms with Gasteiger partial charge in [-0.05, 0) is 35.2 Å². The molecule has 2 N–H and O–H groups in total. The van der Waals surface area contributed by atoms with Crippen LogP contribution in [-0.2, 0) is 10.2 Å². The lowest BCUT2D eigenvalue weighted by atomic mass is 9.87. The van der Waals surface area contributed by atoms with E-state index in [1.807, 2.05) is 18.2 Å². The Morgan fingerprint density at radius 1 is 1.11 bits per heavy atom. The predicted molar refractivity (Wildman–Crippen MR) is 113 cm³/mol. The van der Waals surface area contributed by atoms with E-state index in [1.54, 1.807) is 12.3 Å². The fourth-order valence-corrected chi connectivity index (χ4v) is 3.06. The Bertz CT molecular complexity index is 761. The van der Waals surface area contributed by atoms with Gasteiger partial charge in [-0.1, -0.05) is 32.9 Å². The Hall–Kier alpha value is -2.44. The average molecular weight is 383 g/mol. The number of nitrogens with zero attached hydrogens (tertiary/aromatic N) is 2. The molecule has 0 bridgehead atoms. The molecule has 0 radical (unpaired) electrons. The van der Waals surface area contributed by atoms with Crippen LogP contribution in [0.3, 0.4) is 0 Å². The molecule has 0 spiro atoms. The standard InChI is InChI=1S/C22H30N4O2/c1-22(2,3)18-5-7-19(8-6-18)25-21(27)17-4-9-20(24-16-17)23-10-11-26-12-14-28-15-13-26/h4-9,16H,10-15H2,1-3H3,(H,23,24)(H,25,27). The molecular weight excluding hydrogens is 352 g/mol. The van der Waals surface area contributed by atoms with Crippen LogP contribution in [0.15, 0.2) is 42.6 Å². The van der Waals surface area contributed by atoms with E-state index in [0.29, 0.717) is 5.56 Å². The number of amides is 1. The van der Waals surface area contributed by atoms with E-state index in [9.17, 15) is 4.79 Å². The first kappa shape index (κ1) is 20.3. The van der Waals surface area contributed by atoms with Crippen LogP contribution in [0.1, 0.15) is 36.7 Å². The number of hydrogen-bond donors (Lipinski definition) is 2. The molecule has 1 amide bonds. The van der Waals surface area contributed by atoms with Gasteiger partial charge in [0.2, 0.25) is 0 Å². The third-order valence-electron chi connectivity index (χ3n) is 4.87. The molecular formula is C22H30N4O2. The second-order valence-electron chi connectivity index (χ2n) is 8.09. The Balaban J connectivity index is 1.49. The van der Waals surface area contributed by atoms with Crippen molar-refractivity contribution in [3.63, 3.8) is 0 Å². The van der Waals surface area contributed by atoms with Crippen molar-refractivity contribution in [3.05, 3.63) is 53.7 Å². The molecule has 6 nitrogen and oxygen atoms in total. The molecule has 0 saturated carbocycles. The fourth-order valence-electron chi connectivity index (χ4n) is 3.06. The molecule has 1 saturated heterocycles. The second kappa shape index (κ2) is 9.17. The normalized spacial score (nSPS) is 15.2. The Kier molecular flexibility index (Phi) is 6.65. The molecule has 0 atom stereocenters. The summed E-state index contributed by atoms with van der Waals surface area (Å²) in [4.78, 5) is 19.2. The third kappa shape index (κ3) is 5.78. The van der Waals surface area contributed by atoms with E-state index in [0.717, 1.165) is 50.9 Å². The quantitative estimate of drug-likeness (QED) is 0.802. The van der Waals surface area contributed by atoms with Crippen molar-refractivity contribution in [2.24, 2.45) is 0 Å². The Morgan fingerprint density at radius 3 is 2.43 bits per heavy atom. The first-order valence-electron chi connectivity index (χ1n) is 9.84. The van der Waals surface area contributed by atoms with Crippen molar-refractivity contribution in [1.82, 2.24) is 9.88 Å². The van der Waals surface area contributed by atoms with E-state index >= 15 is 0 Å². The molecule has 6 heteroatoms. The number of ether oxygens (including phenoxy) is 1. The van der Waals surface area contributed by atoms with Crippen molar-refractivity contribution < 1.29 is 9.53 Å². The minimum Gasteiger partial charge on any atom is -0.379 e. The maximum atomic E-state index is 12.4. The molecule has 1 aliphatic rings. The molecule has 0 aliphatic carbocycles. The molecule has 0 unspecified atom stereocenters. The highest BCUT2D eigenvalue weighted by molar-refractivity contribution is 6.04. The van der Waals surface area contributed by atoms with Crippen molar-refractivity contribution >= 4 is 17.4 Å². The van der Waals surface area contributed by atoms with E-state index in [1.165, 1.54) is 5.56 Å². The molecule has 150 valence electrons. The van der Waals surface area contributed by atoms with Crippen LogP contribution < -0.4 is 10.6 Å². The molecule has 1 aromatic carbocycles. The molecule has 2 aromatic rings. The molecule has 28 heavy (non-hydrogen) atoms. The van der Waals surface area contributed by atoms with Gasteiger partial charge >= 0.3 is 0 Å². The van der Waals surface area contributed by atoms with Crippen molar-refractivity contribution in [3.8, 4) is 0 Å². The lowest BCUT2D eigenvalue weighted by Crippen LogP contribution is -2.39. The summed E-state index contributed by atoms with van der Waals surface area (Å²) in [6, 6.07) is 11.6.